The Hall–Kier alpha value is -2.62. The highest BCUT2D eigenvalue weighted by atomic mass is 16.2. The zero-order valence-corrected chi connectivity index (χ0v) is 17.1. The number of aryl methyl sites for hydroxylation is 1. The van der Waals surface area contributed by atoms with E-state index >= 15 is 0 Å². The van der Waals surface area contributed by atoms with Crippen LogP contribution in [0.2, 0.25) is 0 Å². The molecule has 0 aromatic heterocycles. The Balaban J connectivity index is 1.20. The fourth-order valence-electron chi connectivity index (χ4n) is 4.44. The van der Waals surface area contributed by atoms with Gasteiger partial charge in [0.25, 0.3) is 0 Å². The number of nitrogens with zero attached hydrogens (tertiary/aromatic N) is 1. The van der Waals surface area contributed by atoms with Gasteiger partial charge in [0.1, 0.15) is 0 Å². The molecule has 2 aromatic rings. The van der Waals surface area contributed by atoms with E-state index in [4.69, 9.17) is 0 Å². The van der Waals surface area contributed by atoms with Gasteiger partial charge in [-0.15, -0.1) is 0 Å². The maximum absolute atomic E-state index is 12.8. The number of benzene rings is 2. The van der Waals surface area contributed by atoms with Crippen molar-refractivity contribution in [2.75, 3.05) is 13.1 Å². The van der Waals surface area contributed by atoms with Gasteiger partial charge in [-0.2, -0.15) is 0 Å². The van der Waals surface area contributed by atoms with Crippen LogP contribution in [-0.2, 0) is 22.6 Å². The number of nitrogens with one attached hydrogen (secondary N) is 1. The van der Waals surface area contributed by atoms with Crippen LogP contribution >= 0.6 is 0 Å². The molecule has 1 aliphatic heterocycles. The van der Waals surface area contributed by atoms with Crippen molar-refractivity contribution in [3.63, 3.8) is 0 Å². The summed E-state index contributed by atoms with van der Waals surface area (Å²) in [5, 5.41) is 3.00. The molecule has 2 aromatic carbocycles. The average Bonchev–Trinajstić information content (AvgIpc) is 3.54. The van der Waals surface area contributed by atoms with Crippen molar-refractivity contribution in [2.45, 2.75) is 39.2 Å². The molecular formula is C25H30N2O2. The monoisotopic (exact) mass is 390 g/mol. The predicted octanol–water partition coefficient (Wildman–Crippen LogP) is 3.73. The smallest absolute Gasteiger partial charge is 0.226 e. The third kappa shape index (κ3) is 5.06. The highest BCUT2D eigenvalue weighted by Crippen LogP contribution is 2.41. The minimum atomic E-state index is -0.144. The molecule has 1 saturated heterocycles. The van der Waals surface area contributed by atoms with E-state index in [-0.39, 0.29) is 23.7 Å². The summed E-state index contributed by atoms with van der Waals surface area (Å²) < 4.78 is 0. The van der Waals surface area contributed by atoms with Gasteiger partial charge in [0.15, 0.2) is 0 Å². The summed E-state index contributed by atoms with van der Waals surface area (Å²) in [4.78, 5) is 27.2. The summed E-state index contributed by atoms with van der Waals surface area (Å²) in [6.45, 7) is 4.22. The Labute approximate surface area is 173 Å². The first-order valence-corrected chi connectivity index (χ1v) is 10.8. The molecule has 2 unspecified atom stereocenters. The topological polar surface area (TPSA) is 49.4 Å². The molecule has 0 spiro atoms. The lowest BCUT2D eigenvalue weighted by Crippen LogP contribution is -2.40. The second-order valence-electron chi connectivity index (χ2n) is 8.61. The van der Waals surface area contributed by atoms with E-state index < -0.39 is 0 Å². The highest BCUT2D eigenvalue weighted by molar-refractivity contribution is 5.92. The Morgan fingerprint density at radius 2 is 1.69 bits per heavy atom. The van der Waals surface area contributed by atoms with E-state index in [9.17, 15) is 9.59 Å². The van der Waals surface area contributed by atoms with Crippen LogP contribution in [-0.4, -0.2) is 29.8 Å². The second kappa shape index (κ2) is 8.81. The number of amides is 2. The first-order chi connectivity index (χ1) is 14.1. The molecule has 29 heavy (non-hydrogen) atoms. The quantitative estimate of drug-likeness (QED) is 0.817. The minimum absolute atomic E-state index is 0.0174. The molecule has 1 saturated carbocycles. The number of piperidine rings is 1. The molecule has 1 N–H and O–H groups in total. The van der Waals surface area contributed by atoms with Crippen molar-refractivity contribution in [3.8, 4) is 0 Å². The molecule has 4 nitrogen and oxygen atoms in total. The van der Waals surface area contributed by atoms with Crippen LogP contribution in [0.3, 0.4) is 0 Å². The van der Waals surface area contributed by atoms with Crippen molar-refractivity contribution in [1.29, 1.82) is 0 Å². The van der Waals surface area contributed by atoms with Crippen molar-refractivity contribution < 1.29 is 9.59 Å². The van der Waals surface area contributed by atoms with Gasteiger partial charge in [-0.3, -0.25) is 9.59 Å². The maximum atomic E-state index is 12.8. The van der Waals surface area contributed by atoms with Crippen molar-refractivity contribution in [3.05, 3.63) is 71.3 Å². The van der Waals surface area contributed by atoms with Crippen molar-refractivity contribution >= 4 is 11.8 Å². The molecule has 152 valence electrons. The number of hydrogen-bond acceptors (Lipinski definition) is 2. The van der Waals surface area contributed by atoms with Gasteiger partial charge in [-0.1, -0.05) is 60.2 Å². The third-order valence-electron chi connectivity index (χ3n) is 6.29. The number of carbonyl (C=O) groups excluding carboxylic acids is 2. The second-order valence-corrected chi connectivity index (χ2v) is 8.61. The maximum Gasteiger partial charge on any atom is 0.226 e. The third-order valence-corrected chi connectivity index (χ3v) is 6.29. The molecule has 1 heterocycles. The fourth-order valence-corrected chi connectivity index (χ4v) is 4.44. The van der Waals surface area contributed by atoms with Crippen LogP contribution in [0.5, 0.6) is 0 Å². The van der Waals surface area contributed by atoms with Crippen LogP contribution in [0.4, 0.5) is 0 Å². The van der Waals surface area contributed by atoms with Crippen LogP contribution in [0.15, 0.2) is 54.6 Å². The lowest BCUT2D eigenvalue weighted by Gasteiger charge is -2.32. The van der Waals surface area contributed by atoms with Gasteiger partial charge in [-0.25, -0.2) is 0 Å². The zero-order valence-electron chi connectivity index (χ0n) is 17.1. The lowest BCUT2D eigenvalue weighted by molar-refractivity contribution is -0.136. The van der Waals surface area contributed by atoms with E-state index in [2.05, 4.69) is 35.6 Å². The van der Waals surface area contributed by atoms with Gasteiger partial charge >= 0.3 is 0 Å². The Morgan fingerprint density at radius 3 is 2.41 bits per heavy atom. The van der Waals surface area contributed by atoms with Crippen LogP contribution in [0.25, 0.3) is 0 Å². The summed E-state index contributed by atoms with van der Waals surface area (Å²) >= 11 is 0. The van der Waals surface area contributed by atoms with Gasteiger partial charge in [0.2, 0.25) is 11.8 Å². The molecule has 4 rings (SSSR count). The zero-order chi connectivity index (χ0) is 20.2. The SMILES string of the molecule is Cc1cccc(CNC(=O)C2CC2C(=O)N2CCC(Cc3ccccc3)CC2)c1. The minimum Gasteiger partial charge on any atom is -0.352 e. The molecule has 2 amide bonds. The molecular weight excluding hydrogens is 360 g/mol. The largest absolute Gasteiger partial charge is 0.352 e. The molecule has 2 aliphatic rings. The van der Waals surface area contributed by atoms with Crippen LogP contribution in [0.1, 0.15) is 36.0 Å². The molecule has 2 atom stereocenters. The molecule has 4 heteroatoms. The van der Waals surface area contributed by atoms with E-state index in [1.165, 1.54) is 11.1 Å². The first-order valence-electron chi connectivity index (χ1n) is 10.8. The molecule has 0 bridgehead atoms. The highest BCUT2D eigenvalue weighted by Gasteiger charge is 2.49. The van der Waals surface area contributed by atoms with E-state index in [0.29, 0.717) is 18.9 Å². The summed E-state index contributed by atoms with van der Waals surface area (Å²) in [5.74, 6) is 0.587. The molecule has 1 aliphatic carbocycles. The van der Waals surface area contributed by atoms with Crippen molar-refractivity contribution in [2.24, 2.45) is 17.8 Å². The van der Waals surface area contributed by atoms with Gasteiger partial charge in [-0.05, 0) is 49.7 Å². The van der Waals surface area contributed by atoms with E-state index in [1.54, 1.807) is 0 Å². The lowest BCUT2D eigenvalue weighted by atomic mass is 9.90. The summed E-state index contributed by atoms with van der Waals surface area (Å²) in [7, 11) is 0. The van der Waals surface area contributed by atoms with E-state index in [0.717, 1.165) is 37.9 Å². The molecule has 2 fully saturated rings. The Kier molecular flexibility index (Phi) is 5.98. The Bertz CT molecular complexity index is 856. The van der Waals surface area contributed by atoms with Crippen LogP contribution < -0.4 is 5.32 Å². The number of hydrogen-bond donors (Lipinski definition) is 1. The summed E-state index contributed by atoms with van der Waals surface area (Å²) in [5.41, 5.74) is 3.67. The Morgan fingerprint density at radius 1 is 0.966 bits per heavy atom. The normalized spacial score (nSPS) is 21.6. The van der Waals surface area contributed by atoms with Gasteiger partial charge in [0, 0.05) is 19.6 Å². The van der Waals surface area contributed by atoms with Gasteiger partial charge < -0.3 is 10.2 Å². The first kappa shape index (κ1) is 19.7. The number of likely N-dealkylation sites (tertiary alicyclic amines) is 1. The van der Waals surface area contributed by atoms with Crippen molar-refractivity contribution in [1.82, 2.24) is 10.2 Å². The summed E-state index contributed by atoms with van der Waals surface area (Å²) in [6, 6.07) is 18.7. The fraction of sp³-hybridized carbons (Fsp3) is 0.440. The predicted molar refractivity (Wildman–Crippen MR) is 114 cm³/mol. The number of rotatable bonds is 6. The standard InChI is InChI=1S/C25H30N2O2/c1-18-6-5-9-21(14-18)17-26-24(28)22-16-23(22)25(29)27-12-10-20(11-13-27)15-19-7-3-2-4-8-19/h2-9,14,20,22-23H,10-13,15-17H2,1H3,(H,26,28). The summed E-state index contributed by atoms with van der Waals surface area (Å²) in [6.07, 6.45) is 3.90. The van der Waals surface area contributed by atoms with Crippen LogP contribution in [0, 0.1) is 24.7 Å². The average molecular weight is 391 g/mol. The van der Waals surface area contributed by atoms with E-state index in [1.807, 2.05) is 36.1 Å². The van der Waals surface area contributed by atoms with Gasteiger partial charge in [0.05, 0.1) is 11.8 Å². The number of carbonyl (C=O) groups is 2. The molecule has 0 radical (unpaired) electrons.